The van der Waals surface area contributed by atoms with E-state index in [2.05, 4.69) is 6.92 Å². The lowest BCUT2D eigenvalue weighted by atomic mass is 9.98. The molecule has 0 aromatic carbocycles. The van der Waals surface area contributed by atoms with E-state index in [9.17, 15) is 19.2 Å². The van der Waals surface area contributed by atoms with Crippen LogP contribution >= 0.6 is 0 Å². The van der Waals surface area contributed by atoms with Gasteiger partial charge >= 0.3 is 23.9 Å². The van der Waals surface area contributed by atoms with Crippen molar-refractivity contribution in [2.75, 3.05) is 13.2 Å². The Balaban J connectivity index is 3.05. The Morgan fingerprint density at radius 3 is 1.81 bits per heavy atom. The largest absolute Gasteiger partial charge is 0.463 e. The SMILES string of the molecule is CCCCCCCCO[C@H]1[C@H](OC(C)=O)[C@@H](COC(C)=O)OC(OC(C)=O)[C@@H]1OC(C)=O. The van der Waals surface area contributed by atoms with E-state index in [1.807, 2.05) is 0 Å². The number of carbonyl (C=O) groups is 4. The minimum Gasteiger partial charge on any atom is -0.463 e. The summed E-state index contributed by atoms with van der Waals surface area (Å²) in [5.41, 5.74) is 0. The number of hydrogen-bond donors (Lipinski definition) is 0. The topological polar surface area (TPSA) is 124 Å². The monoisotopic (exact) mass is 460 g/mol. The van der Waals surface area contributed by atoms with Crippen LogP contribution in [0.2, 0.25) is 0 Å². The summed E-state index contributed by atoms with van der Waals surface area (Å²) < 4.78 is 32.7. The van der Waals surface area contributed by atoms with Crippen LogP contribution in [0.1, 0.15) is 73.1 Å². The fourth-order valence-corrected chi connectivity index (χ4v) is 3.41. The number of unbranched alkanes of at least 4 members (excludes halogenated alkanes) is 5. The summed E-state index contributed by atoms with van der Waals surface area (Å²) in [6.07, 6.45) is 0.689. The second-order valence-corrected chi connectivity index (χ2v) is 7.71. The highest BCUT2D eigenvalue weighted by Gasteiger charge is 2.52. The predicted octanol–water partition coefficient (Wildman–Crippen LogP) is 2.45. The molecule has 0 amide bonds. The van der Waals surface area contributed by atoms with Crippen molar-refractivity contribution in [1.29, 1.82) is 0 Å². The first-order valence-electron chi connectivity index (χ1n) is 11.1. The number of carbonyl (C=O) groups excluding carboxylic acids is 4. The molecule has 1 saturated heterocycles. The molecular formula is C22H36O10. The van der Waals surface area contributed by atoms with Crippen molar-refractivity contribution in [3.63, 3.8) is 0 Å². The zero-order valence-electron chi connectivity index (χ0n) is 19.6. The molecule has 0 N–H and O–H groups in total. The highest BCUT2D eigenvalue weighted by atomic mass is 16.7. The molecule has 1 fully saturated rings. The summed E-state index contributed by atoms with van der Waals surface area (Å²) in [7, 11) is 0. The Hall–Kier alpha value is -2.20. The Kier molecular flexibility index (Phi) is 12.9. The first kappa shape index (κ1) is 27.8. The fraction of sp³-hybridized carbons (Fsp3) is 0.818. The quantitative estimate of drug-likeness (QED) is 0.230. The van der Waals surface area contributed by atoms with Gasteiger partial charge in [-0.3, -0.25) is 19.2 Å². The van der Waals surface area contributed by atoms with Crippen LogP contribution in [0.4, 0.5) is 0 Å². The molecule has 0 aromatic heterocycles. The van der Waals surface area contributed by atoms with Gasteiger partial charge < -0.3 is 28.4 Å². The van der Waals surface area contributed by atoms with E-state index in [0.29, 0.717) is 6.61 Å². The van der Waals surface area contributed by atoms with Gasteiger partial charge in [0.1, 0.15) is 18.8 Å². The zero-order valence-corrected chi connectivity index (χ0v) is 19.6. The number of rotatable bonds is 13. The number of hydrogen-bond acceptors (Lipinski definition) is 10. The van der Waals surface area contributed by atoms with Crippen LogP contribution in [0.15, 0.2) is 0 Å². The van der Waals surface area contributed by atoms with E-state index < -0.39 is 54.6 Å². The normalized spacial score (nSPS) is 25.0. The van der Waals surface area contributed by atoms with Crippen molar-refractivity contribution in [2.45, 2.75) is 104 Å². The standard InChI is InChI=1S/C22H36O10/c1-6-7-8-9-10-11-12-27-20-19(29-15(3)24)18(13-28-14(2)23)32-22(31-17(5)26)21(20)30-16(4)25/h18-22H,6-13H2,1-5H3/t18-,19-,20+,21-,22?/m1/s1. The van der Waals surface area contributed by atoms with Crippen molar-refractivity contribution in [2.24, 2.45) is 0 Å². The van der Waals surface area contributed by atoms with E-state index in [4.69, 9.17) is 28.4 Å². The molecule has 184 valence electrons. The fourth-order valence-electron chi connectivity index (χ4n) is 3.41. The smallest absolute Gasteiger partial charge is 0.305 e. The first-order chi connectivity index (χ1) is 15.1. The van der Waals surface area contributed by atoms with Gasteiger partial charge in [-0.05, 0) is 6.42 Å². The summed E-state index contributed by atoms with van der Waals surface area (Å²) in [5.74, 6) is -2.50. The molecule has 32 heavy (non-hydrogen) atoms. The van der Waals surface area contributed by atoms with E-state index >= 15 is 0 Å². The van der Waals surface area contributed by atoms with E-state index in [1.165, 1.54) is 34.1 Å². The summed E-state index contributed by atoms with van der Waals surface area (Å²) in [4.78, 5) is 46.4. The molecule has 1 rings (SSSR count). The molecule has 1 heterocycles. The van der Waals surface area contributed by atoms with Gasteiger partial charge in [-0.2, -0.15) is 0 Å². The van der Waals surface area contributed by atoms with Gasteiger partial charge in [-0.25, -0.2) is 0 Å². The van der Waals surface area contributed by atoms with Crippen molar-refractivity contribution < 1.29 is 47.6 Å². The Morgan fingerprint density at radius 1 is 0.688 bits per heavy atom. The maximum absolute atomic E-state index is 11.8. The minimum absolute atomic E-state index is 0.269. The molecule has 5 atom stereocenters. The van der Waals surface area contributed by atoms with Crippen LogP contribution < -0.4 is 0 Å². The molecule has 1 aliphatic heterocycles. The van der Waals surface area contributed by atoms with Gasteiger partial charge in [-0.1, -0.05) is 39.0 Å². The second kappa shape index (κ2) is 14.8. The maximum atomic E-state index is 11.8. The average Bonchev–Trinajstić information content (AvgIpc) is 2.68. The molecule has 1 aliphatic rings. The Bertz CT molecular complexity index is 620. The number of ether oxygens (including phenoxy) is 6. The lowest BCUT2D eigenvalue weighted by Gasteiger charge is -2.44. The lowest BCUT2D eigenvalue weighted by molar-refractivity contribution is -0.304. The van der Waals surface area contributed by atoms with Crippen molar-refractivity contribution in [1.82, 2.24) is 0 Å². The second-order valence-electron chi connectivity index (χ2n) is 7.71. The first-order valence-corrected chi connectivity index (χ1v) is 11.1. The van der Waals surface area contributed by atoms with Gasteiger partial charge in [0, 0.05) is 34.3 Å². The lowest BCUT2D eigenvalue weighted by Crippen LogP contribution is -2.62. The van der Waals surface area contributed by atoms with E-state index in [0.717, 1.165) is 32.1 Å². The van der Waals surface area contributed by atoms with Crippen LogP contribution in [0.3, 0.4) is 0 Å². The molecule has 0 bridgehead atoms. The van der Waals surface area contributed by atoms with Crippen LogP contribution in [0, 0.1) is 0 Å². The molecule has 1 unspecified atom stereocenters. The molecule has 0 aromatic rings. The molecular weight excluding hydrogens is 424 g/mol. The van der Waals surface area contributed by atoms with Crippen LogP contribution in [0.25, 0.3) is 0 Å². The van der Waals surface area contributed by atoms with Crippen LogP contribution in [-0.4, -0.2) is 67.8 Å². The predicted molar refractivity (Wildman–Crippen MR) is 111 cm³/mol. The molecule has 0 aliphatic carbocycles. The van der Waals surface area contributed by atoms with Crippen LogP contribution in [0.5, 0.6) is 0 Å². The summed E-state index contributed by atoms with van der Waals surface area (Å²) in [6.45, 7) is 6.99. The third kappa shape index (κ3) is 10.4. The summed E-state index contributed by atoms with van der Waals surface area (Å²) in [6, 6.07) is 0. The summed E-state index contributed by atoms with van der Waals surface area (Å²) >= 11 is 0. The molecule has 0 spiro atoms. The van der Waals surface area contributed by atoms with E-state index in [-0.39, 0.29) is 6.61 Å². The third-order valence-electron chi connectivity index (χ3n) is 4.74. The Morgan fingerprint density at radius 2 is 1.25 bits per heavy atom. The summed E-state index contributed by atoms with van der Waals surface area (Å²) in [5, 5.41) is 0. The van der Waals surface area contributed by atoms with Gasteiger partial charge in [0.2, 0.25) is 6.29 Å². The highest BCUT2D eigenvalue weighted by Crippen LogP contribution is 2.30. The molecule has 10 heteroatoms. The van der Waals surface area contributed by atoms with Gasteiger partial charge in [0.25, 0.3) is 0 Å². The van der Waals surface area contributed by atoms with Crippen LogP contribution in [-0.2, 0) is 47.6 Å². The van der Waals surface area contributed by atoms with Gasteiger partial charge in [0.05, 0.1) is 0 Å². The number of esters is 4. The van der Waals surface area contributed by atoms with E-state index in [1.54, 1.807) is 0 Å². The molecule has 10 nitrogen and oxygen atoms in total. The van der Waals surface area contributed by atoms with Crippen molar-refractivity contribution >= 4 is 23.9 Å². The highest BCUT2D eigenvalue weighted by molar-refractivity contribution is 5.68. The van der Waals surface area contributed by atoms with Gasteiger partial charge in [-0.15, -0.1) is 0 Å². The Labute approximate surface area is 189 Å². The maximum Gasteiger partial charge on any atom is 0.305 e. The van der Waals surface area contributed by atoms with Crippen molar-refractivity contribution in [3.05, 3.63) is 0 Å². The van der Waals surface area contributed by atoms with Gasteiger partial charge in [0.15, 0.2) is 12.2 Å². The molecule has 0 saturated carbocycles. The third-order valence-corrected chi connectivity index (χ3v) is 4.74. The zero-order chi connectivity index (χ0) is 24.1. The minimum atomic E-state index is -1.32. The van der Waals surface area contributed by atoms with Crippen molar-refractivity contribution in [3.8, 4) is 0 Å². The molecule has 0 radical (unpaired) electrons. The average molecular weight is 461 g/mol.